The predicted molar refractivity (Wildman–Crippen MR) is 86.3 cm³/mol. The monoisotopic (exact) mass is 356 g/mol. The average Bonchev–Trinajstić information content (AvgIpc) is 2.66. The van der Waals surface area contributed by atoms with Gasteiger partial charge in [0, 0.05) is 14.2 Å². The fourth-order valence-corrected chi connectivity index (χ4v) is 3.59. The molecule has 4 nitrogen and oxygen atoms in total. The van der Waals surface area contributed by atoms with Crippen LogP contribution in [0.5, 0.6) is 0 Å². The summed E-state index contributed by atoms with van der Waals surface area (Å²) in [6.07, 6.45) is 4.04. The summed E-state index contributed by atoms with van der Waals surface area (Å²) in [7, 11) is 3.55. The smallest absolute Gasteiger partial charge is 0.170 e. The zero-order valence-corrected chi connectivity index (χ0v) is 15.2. The van der Waals surface area contributed by atoms with E-state index in [1.807, 2.05) is 14.0 Å². The molecule has 1 fully saturated rings. The van der Waals surface area contributed by atoms with Crippen LogP contribution in [0.1, 0.15) is 50.9 Å². The Hall–Kier alpha value is -0.680. The van der Waals surface area contributed by atoms with Gasteiger partial charge in [0.1, 0.15) is 5.60 Å². The minimum atomic E-state index is -0.618. The lowest BCUT2D eigenvalue weighted by Gasteiger charge is -2.41. The van der Waals surface area contributed by atoms with Crippen molar-refractivity contribution in [2.45, 2.75) is 58.5 Å². The van der Waals surface area contributed by atoms with Gasteiger partial charge in [0.25, 0.3) is 0 Å². The van der Waals surface area contributed by atoms with Gasteiger partial charge in [-0.05, 0) is 54.0 Å². The quantitative estimate of drug-likeness (QED) is 0.827. The Bertz CT molecular complexity index is 539. The molecule has 0 amide bonds. The summed E-state index contributed by atoms with van der Waals surface area (Å²) in [6, 6.07) is 0. The number of rotatable bonds is 4. The lowest BCUT2D eigenvalue weighted by molar-refractivity contribution is -0.147. The first kappa shape index (κ1) is 16.7. The van der Waals surface area contributed by atoms with Crippen molar-refractivity contribution in [3.63, 3.8) is 0 Å². The van der Waals surface area contributed by atoms with Gasteiger partial charge in [0.05, 0.1) is 22.3 Å². The Kier molecular flexibility index (Phi) is 4.64. The summed E-state index contributed by atoms with van der Waals surface area (Å²) in [4.78, 5) is 12.9. The largest absolute Gasteiger partial charge is 0.370 e. The number of ether oxygens (including phenoxy) is 1. The molecule has 1 aliphatic carbocycles. The van der Waals surface area contributed by atoms with E-state index < -0.39 is 5.60 Å². The number of carbonyl (C=O) groups is 1. The van der Waals surface area contributed by atoms with Crippen molar-refractivity contribution in [1.29, 1.82) is 0 Å². The van der Waals surface area contributed by atoms with E-state index in [4.69, 9.17) is 4.74 Å². The van der Waals surface area contributed by atoms with Gasteiger partial charge >= 0.3 is 0 Å². The van der Waals surface area contributed by atoms with Crippen molar-refractivity contribution < 1.29 is 9.53 Å². The van der Waals surface area contributed by atoms with Crippen LogP contribution in [0.2, 0.25) is 0 Å². The van der Waals surface area contributed by atoms with Gasteiger partial charge in [-0.25, -0.2) is 0 Å². The second-order valence-corrected chi connectivity index (χ2v) is 7.73. The maximum Gasteiger partial charge on any atom is 0.170 e. The number of aromatic nitrogens is 2. The SMILES string of the molecule is COC1(C(=O)Cc2c(Br)c(C)nn2C)CCC(C)(C)CC1. The third kappa shape index (κ3) is 3.24. The van der Waals surface area contributed by atoms with Crippen LogP contribution < -0.4 is 0 Å². The molecule has 21 heavy (non-hydrogen) atoms. The molecule has 0 aliphatic heterocycles. The Labute approximate surface area is 135 Å². The van der Waals surface area contributed by atoms with Gasteiger partial charge in [0.15, 0.2) is 5.78 Å². The molecule has 0 spiro atoms. The standard InChI is InChI=1S/C16H25BrN2O2/c1-11-14(17)12(19(4)18-11)10-13(20)16(21-5)8-6-15(2,3)7-9-16/h6-10H2,1-5H3. The zero-order valence-electron chi connectivity index (χ0n) is 13.6. The average molecular weight is 357 g/mol. The van der Waals surface area contributed by atoms with Crippen molar-refractivity contribution in [2.75, 3.05) is 7.11 Å². The van der Waals surface area contributed by atoms with Gasteiger partial charge < -0.3 is 4.74 Å². The van der Waals surface area contributed by atoms with E-state index >= 15 is 0 Å². The molecule has 1 aliphatic rings. The summed E-state index contributed by atoms with van der Waals surface area (Å²) in [5.41, 5.74) is 1.54. The Balaban J connectivity index is 2.18. The first-order valence-corrected chi connectivity index (χ1v) is 8.26. The summed E-state index contributed by atoms with van der Waals surface area (Å²) in [5, 5.41) is 4.36. The van der Waals surface area contributed by atoms with Gasteiger partial charge in [-0.3, -0.25) is 9.48 Å². The zero-order chi connectivity index (χ0) is 15.8. The van der Waals surface area contributed by atoms with Crippen molar-refractivity contribution in [2.24, 2.45) is 12.5 Å². The molecule has 0 saturated heterocycles. The third-order valence-electron chi connectivity index (χ3n) is 4.90. The highest BCUT2D eigenvalue weighted by Gasteiger charge is 2.44. The topological polar surface area (TPSA) is 44.1 Å². The van der Waals surface area contributed by atoms with Crippen LogP contribution in [0, 0.1) is 12.3 Å². The van der Waals surface area contributed by atoms with E-state index in [2.05, 4.69) is 34.9 Å². The molecule has 0 N–H and O–H groups in total. The molecule has 2 rings (SSSR count). The second kappa shape index (κ2) is 5.84. The molecule has 0 atom stereocenters. The first-order valence-electron chi connectivity index (χ1n) is 7.47. The van der Waals surface area contributed by atoms with Crippen molar-refractivity contribution >= 4 is 21.7 Å². The van der Waals surface area contributed by atoms with E-state index in [0.29, 0.717) is 11.8 Å². The van der Waals surface area contributed by atoms with Crippen LogP contribution in [0.25, 0.3) is 0 Å². The van der Waals surface area contributed by atoms with Crippen LogP contribution in [-0.4, -0.2) is 28.3 Å². The molecule has 1 aromatic rings. The molecule has 1 saturated carbocycles. The third-order valence-corrected chi connectivity index (χ3v) is 5.93. The molecular weight excluding hydrogens is 332 g/mol. The molecule has 118 valence electrons. The van der Waals surface area contributed by atoms with E-state index in [0.717, 1.165) is 41.5 Å². The van der Waals surface area contributed by atoms with Gasteiger partial charge in [0.2, 0.25) is 0 Å². The Morgan fingerprint density at radius 3 is 2.33 bits per heavy atom. The Morgan fingerprint density at radius 1 is 1.33 bits per heavy atom. The molecule has 0 unspecified atom stereocenters. The lowest BCUT2D eigenvalue weighted by Crippen LogP contribution is -2.46. The van der Waals surface area contributed by atoms with Gasteiger partial charge in [-0.2, -0.15) is 5.10 Å². The molecule has 0 bridgehead atoms. The summed E-state index contributed by atoms with van der Waals surface area (Å²) >= 11 is 3.53. The molecular formula is C16H25BrN2O2. The number of methoxy groups -OCH3 is 1. The number of hydrogen-bond acceptors (Lipinski definition) is 3. The van der Waals surface area contributed by atoms with E-state index in [1.165, 1.54) is 0 Å². The van der Waals surface area contributed by atoms with E-state index in [1.54, 1.807) is 11.8 Å². The summed E-state index contributed by atoms with van der Waals surface area (Å²) in [6.45, 7) is 6.46. The van der Waals surface area contributed by atoms with E-state index in [9.17, 15) is 4.79 Å². The highest BCUT2D eigenvalue weighted by Crippen LogP contribution is 2.42. The second-order valence-electron chi connectivity index (χ2n) is 6.93. The fraction of sp³-hybridized carbons (Fsp3) is 0.750. The van der Waals surface area contributed by atoms with Gasteiger partial charge in [-0.1, -0.05) is 13.8 Å². The summed E-state index contributed by atoms with van der Waals surface area (Å²) < 4.78 is 8.41. The fourth-order valence-electron chi connectivity index (χ4n) is 3.11. The number of ketones is 1. The van der Waals surface area contributed by atoms with E-state index in [-0.39, 0.29) is 5.78 Å². The van der Waals surface area contributed by atoms with Crippen molar-refractivity contribution in [3.05, 3.63) is 15.9 Å². The Morgan fingerprint density at radius 2 is 1.90 bits per heavy atom. The number of Topliss-reactive ketones (excluding diaryl/α,β-unsaturated/α-hetero) is 1. The number of aryl methyl sites for hydroxylation is 2. The number of carbonyl (C=O) groups excluding carboxylic acids is 1. The molecule has 5 heteroatoms. The van der Waals surface area contributed by atoms with Crippen LogP contribution in [0.3, 0.4) is 0 Å². The van der Waals surface area contributed by atoms with Crippen LogP contribution in [-0.2, 0) is 23.0 Å². The van der Waals surface area contributed by atoms with Crippen LogP contribution in [0.15, 0.2) is 4.47 Å². The molecule has 0 aromatic carbocycles. The predicted octanol–water partition coefficient (Wildman–Crippen LogP) is 3.59. The number of halogens is 1. The van der Waals surface area contributed by atoms with Crippen LogP contribution in [0.4, 0.5) is 0 Å². The number of hydrogen-bond donors (Lipinski definition) is 0. The van der Waals surface area contributed by atoms with Crippen LogP contribution >= 0.6 is 15.9 Å². The maximum absolute atomic E-state index is 12.9. The minimum Gasteiger partial charge on any atom is -0.370 e. The molecule has 0 radical (unpaired) electrons. The van der Waals surface area contributed by atoms with Crippen molar-refractivity contribution in [3.8, 4) is 0 Å². The number of nitrogens with zero attached hydrogens (tertiary/aromatic N) is 2. The molecule has 1 aromatic heterocycles. The minimum absolute atomic E-state index is 0.171. The lowest BCUT2D eigenvalue weighted by atomic mass is 9.69. The maximum atomic E-state index is 12.9. The first-order chi connectivity index (χ1) is 9.71. The highest BCUT2D eigenvalue weighted by atomic mass is 79.9. The summed E-state index contributed by atoms with van der Waals surface area (Å²) in [5.74, 6) is 0.171. The van der Waals surface area contributed by atoms with Gasteiger partial charge in [-0.15, -0.1) is 0 Å². The van der Waals surface area contributed by atoms with Crippen molar-refractivity contribution in [1.82, 2.24) is 9.78 Å². The highest BCUT2D eigenvalue weighted by molar-refractivity contribution is 9.10. The normalized spacial score (nSPS) is 20.5. The molecule has 1 heterocycles.